The van der Waals surface area contributed by atoms with Crippen LogP contribution >= 0.6 is 0 Å². The van der Waals surface area contributed by atoms with Gasteiger partial charge in [-0.05, 0) is 52.0 Å². The van der Waals surface area contributed by atoms with Gasteiger partial charge in [-0.1, -0.05) is 6.42 Å². The van der Waals surface area contributed by atoms with Crippen LogP contribution in [0.1, 0.15) is 51.4 Å². The maximum atomic E-state index is 12.3. The molecule has 0 aromatic rings. The van der Waals surface area contributed by atoms with E-state index in [1.165, 1.54) is 0 Å². The molecule has 2 fully saturated rings. The molecule has 0 heterocycles. The second kappa shape index (κ2) is 9.84. The van der Waals surface area contributed by atoms with Crippen LogP contribution in [-0.2, 0) is 9.53 Å². The van der Waals surface area contributed by atoms with Crippen molar-refractivity contribution in [2.75, 3.05) is 20.8 Å². The Bertz CT molecular complexity index is 419. The van der Waals surface area contributed by atoms with Gasteiger partial charge in [0.1, 0.15) is 0 Å². The first-order valence-corrected chi connectivity index (χ1v) is 9.17. The highest BCUT2D eigenvalue weighted by molar-refractivity contribution is 5.79. The van der Waals surface area contributed by atoms with E-state index in [9.17, 15) is 9.59 Å². The molecule has 24 heavy (non-hydrogen) atoms. The van der Waals surface area contributed by atoms with E-state index in [1.54, 1.807) is 7.05 Å². The molecule has 2 aliphatic carbocycles. The number of ether oxygens (including phenoxy) is 1. The number of hydrogen-bond acceptors (Lipinski definition) is 4. The topological polar surface area (TPSA) is 91.5 Å². The largest absolute Gasteiger partial charge is 0.363 e. The average Bonchev–Trinajstić information content (AvgIpc) is 2.59. The molecule has 7 heteroatoms. The lowest BCUT2D eigenvalue weighted by molar-refractivity contribution is -0.125. The van der Waals surface area contributed by atoms with Gasteiger partial charge in [-0.25, -0.2) is 4.79 Å². The molecule has 0 bridgehead atoms. The first kappa shape index (κ1) is 19.0. The number of hydrogen-bond donors (Lipinski definition) is 4. The highest BCUT2D eigenvalue weighted by atomic mass is 16.5. The fourth-order valence-electron chi connectivity index (χ4n) is 3.80. The lowest BCUT2D eigenvalue weighted by Crippen LogP contribution is -2.50. The van der Waals surface area contributed by atoms with Crippen LogP contribution in [-0.4, -0.2) is 51.0 Å². The van der Waals surface area contributed by atoms with Gasteiger partial charge >= 0.3 is 6.03 Å². The normalized spacial score (nSPS) is 30.4. The molecule has 0 aliphatic heterocycles. The fourth-order valence-corrected chi connectivity index (χ4v) is 3.80. The Kier molecular flexibility index (Phi) is 7.78. The molecule has 0 aromatic carbocycles. The monoisotopic (exact) mass is 340 g/mol. The highest BCUT2D eigenvalue weighted by Crippen LogP contribution is 2.25. The average molecular weight is 340 g/mol. The van der Waals surface area contributed by atoms with Crippen molar-refractivity contribution in [1.82, 2.24) is 21.3 Å². The molecular weight excluding hydrogens is 308 g/mol. The van der Waals surface area contributed by atoms with E-state index in [2.05, 4.69) is 21.3 Å². The van der Waals surface area contributed by atoms with E-state index in [4.69, 9.17) is 4.74 Å². The van der Waals surface area contributed by atoms with Crippen molar-refractivity contribution in [3.8, 4) is 0 Å². The van der Waals surface area contributed by atoms with Crippen molar-refractivity contribution < 1.29 is 14.3 Å². The van der Waals surface area contributed by atoms with Crippen molar-refractivity contribution in [3.63, 3.8) is 0 Å². The zero-order valence-corrected chi connectivity index (χ0v) is 14.9. The van der Waals surface area contributed by atoms with Crippen LogP contribution < -0.4 is 21.3 Å². The standard InChI is InChI=1S/C17H32N4O3/c1-18-11-24-15-8-4-7-14(10-15)21-17(23)20-13-6-3-5-12(9-13)16(22)19-2/h12-15,18H,3-11H2,1-2H3,(H,19,22)(H2,20,21,23). The predicted octanol–water partition coefficient (Wildman–Crippen LogP) is 1.10. The first-order chi connectivity index (χ1) is 11.6. The molecule has 3 amide bonds. The molecule has 0 spiro atoms. The summed E-state index contributed by atoms with van der Waals surface area (Å²) in [6, 6.07) is 0.136. The maximum Gasteiger partial charge on any atom is 0.315 e. The molecule has 0 radical (unpaired) electrons. The molecule has 2 saturated carbocycles. The van der Waals surface area contributed by atoms with Gasteiger partial charge in [0.25, 0.3) is 0 Å². The summed E-state index contributed by atoms with van der Waals surface area (Å²) < 4.78 is 5.72. The van der Waals surface area contributed by atoms with Gasteiger partial charge in [-0.15, -0.1) is 0 Å². The lowest BCUT2D eigenvalue weighted by atomic mass is 9.85. The van der Waals surface area contributed by atoms with Crippen LogP contribution in [0.3, 0.4) is 0 Å². The molecule has 7 nitrogen and oxygen atoms in total. The summed E-state index contributed by atoms with van der Waals surface area (Å²) in [5.41, 5.74) is 0. The molecule has 138 valence electrons. The smallest absolute Gasteiger partial charge is 0.315 e. The molecule has 4 atom stereocenters. The molecule has 0 saturated heterocycles. The number of rotatable bonds is 6. The van der Waals surface area contributed by atoms with Gasteiger partial charge in [0.05, 0.1) is 12.8 Å². The Hall–Kier alpha value is -1.34. The van der Waals surface area contributed by atoms with Crippen molar-refractivity contribution in [3.05, 3.63) is 0 Å². The van der Waals surface area contributed by atoms with Gasteiger partial charge in [-0.2, -0.15) is 0 Å². The number of amides is 3. The van der Waals surface area contributed by atoms with Crippen LogP contribution in [0.5, 0.6) is 0 Å². The summed E-state index contributed by atoms with van der Waals surface area (Å²) >= 11 is 0. The summed E-state index contributed by atoms with van der Waals surface area (Å²) in [6.45, 7) is 0.548. The van der Waals surface area contributed by atoms with Gasteiger partial charge in [0, 0.05) is 25.0 Å². The predicted molar refractivity (Wildman–Crippen MR) is 92.5 cm³/mol. The molecule has 2 rings (SSSR count). The summed E-state index contributed by atoms with van der Waals surface area (Å²) in [6.07, 6.45) is 7.76. The molecular formula is C17H32N4O3. The van der Waals surface area contributed by atoms with E-state index in [1.807, 2.05) is 7.05 Å². The summed E-state index contributed by atoms with van der Waals surface area (Å²) in [5.74, 6) is 0.0989. The SMILES string of the molecule is CNCOC1CCCC(NC(=O)NC2CCCC(C(=O)NC)C2)C1. The zero-order chi connectivity index (χ0) is 17.4. The fraction of sp³-hybridized carbons (Fsp3) is 0.882. The zero-order valence-electron chi connectivity index (χ0n) is 14.9. The van der Waals surface area contributed by atoms with E-state index < -0.39 is 0 Å². The third-order valence-electron chi connectivity index (χ3n) is 5.05. The number of carbonyl (C=O) groups is 2. The van der Waals surface area contributed by atoms with Crippen LogP contribution in [0.4, 0.5) is 4.79 Å². The Balaban J connectivity index is 1.73. The van der Waals surface area contributed by atoms with Crippen LogP contribution in [0.25, 0.3) is 0 Å². The minimum absolute atomic E-state index is 0.0167. The van der Waals surface area contributed by atoms with Gasteiger partial charge in [0.15, 0.2) is 0 Å². The minimum Gasteiger partial charge on any atom is -0.363 e. The number of nitrogens with one attached hydrogen (secondary N) is 4. The van der Waals surface area contributed by atoms with Crippen molar-refractivity contribution >= 4 is 11.9 Å². The van der Waals surface area contributed by atoms with Gasteiger partial charge in [-0.3, -0.25) is 10.1 Å². The third-order valence-corrected chi connectivity index (χ3v) is 5.05. The van der Waals surface area contributed by atoms with Crippen LogP contribution in [0, 0.1) is 5.92 Å². The van der Waals surface area contributed by atoms with Crippen LogP contribution in [0.2, 0.25) is 0 Å². The van der Waals surface area contributed by atoms with E-state index in [0.29, 0.717) is 6.73 Å². The Labute approximate surface area is 144 Å². The third kappa shape index (κ3) is 5.94. The molecule has 0 aromatic heterocycles. The van der Waals surface area contributed by atoms with Crippen molar-refractivity contribution in [1.29, 1.82) is 0 Å². The van der Waals surface area contributed by atoms with Crippen LogP contribution in [0.15, 0.2) is 0 Å². The first-order valence-electron chi connectivity index (χ1n) is 9.17. The second-order valence-corrected chi connectivity index (χ2v) is 6.94. The van der Waals surface area contributed by atoms with Crippen molar-refractivity contribution in [2.24, 2.45) is 5.92 Å². The summed E-state index contributed by atoms with van der Waals surface area (Å²) in [4.78, 5) is 24.0. The number of carbonyl (C=O) groups excluding carboxylic acids is 2. The van der Waals surface area contributed by atoms with E-state index >= 15 is 0 Å². The number of urea groups is 1. The van der Waals surface area contributed by atoms with Crippen molar-refractivity contribution in [2.45, 2.75) is 69.6 Å². The van der Waals surface area contributed by atoms with Gasteiger partial charge < -0.3 is 20.7 Å². The molecule has 4 N–H and O–H groups in total. The second-order valence-electron chi connectivity index (χ2n) is 6.94. The Morgan fingerprint density at radius 2 is 1.62 bits per heavy atom. The quantitative estimate of drug-likeness (QED) is 0.545. The Morgan fingerprint density at radius 1 is 0.958 bits per heavy atom. The maximum absolute atomic E-state index is 12.3. The summed E-state index contributed by atoms with van der Waals surface area (Å²) in [7, 11) is 3.53. The minimum atomic E-state index is -0.114. The Morgan fingerprint density at radius 3 is 2.29 bits per heavy atom. The van der Waals surface area contributed by atoms with E-state index in [-0.39, 0.29) is 36.0 Å². The lowest BCUT2D eigenvalue weighted by Gasteiger charge is -2.32. The molecule has 4 unspecified atom stereocenters. The van der Waals surface area contributed by atoms with Gasteiger partial charge in [0.2, 0.25) is 5.91 Å². The molecule has 2 aliphatic rings. The highest BCUT2D eigenvalue weighted by Gasteiger charge is 2.29. The van der Waals surface area contributed by atoms with E-state index in [0.717, 1.165) is 51.4 Å². The summed E-state index contributed by atoms with van der Waals surface area (Å²) in [5, 5.41) is 11.8.